The van der Waals surface area contributed by atoms with Crippen LogP contribution in [0.1, 0.15) is 31.8 Å². The summed E-state index contributed by atoms with van der Waals surface area (Å²) in [5, 5.41) is 12.9. The van der Waals surface area contributed by atoms with Crippen molar-refractivity contribution in [3.8, 4) is 6.07 Å². The van der Waals surface area contributed by atoms with Gasteiger partial charge in [0, 0.05) is 6.20 Å². The Morgan fingerprint density at radius 1 is 1.55 bits per heavy atom. The summed E-state index contributed by atoms with van der Waals surface area (Å²) in [5.41, 5.74) is 1.81. The van der Waals surface area contributed by atoms with Gasteiger partial charge in [-0.15, -0.1) is 0 Å². The molecule has 0 radical (unpaired) electrons. The number of hydrogen-bond acceptors (Lipinski definition) is 5. The molecule has 0 saturated carbocycles. The fourth-order valence-electron chi connectivity index (χ4n) is 1.79. The molecule has 0 fully saturated rings. The molecule has 1 heterocycles. The Morgan fingerprint density at radius 2 is 2.35 bits per heavy atom. The van der Waals surface area contributed by atoms with Gasteiger partial charge in [0.15, 0.2) is 6.29 Å². The molecule has 0 spiro atoms. The van der Waals surface area contributed by atoms with E-state index in [-0.39, 0.29) is 0 Å². The number of nitrogens with zero attached hydrogens (tertiary/aromatic N) is 3. The summed E-state index contributed by atoms with van der Waals surface area (Å²) in [5.74, 6) is -0.514. The number of aldehydes is 1. The molecule has 2 aromatic rings. The van der Waals surface area contributed by atoms with Crippen LogP contribution in [0, 0.1) is 11.3 Å². The Bertz CT molecular complexity index is 698. The molecule has 0 saturated heterocycles. The number of carbonyl (C=O) groups excluding carboxylic acids is 2. The van der Waals surface area contributed by atoms with Gasteiger partial charge in [-0.25, -0.2) is 4.79 Å². The molecule has 20 heavy (non-hydrogen) atoms. The van der Waals surface area contributed by atoms with Gasteiger partial charge in [0.1, 0.15) is 0 Å². The number of benzene rings is 1. The zero-order chi connectivity index (χ0) is 14.5. The number of aromatic nitrogens is 2. The molecule has 100 valence electrons. The predicted octanol–water partition coefficient (Wildman–Crippen LogP) is 1.40. The minimum Gasteiger partial charge on any atom is -0.465 e. The van der Waals surface area contributed by atoms with E-state index in [1.54, 1.807) is 18.3 Å². The van der Waals surface area contributed by atoms with E-state index in [1.165, 1.54) is 24.1 Å². The Balaban J connectivity index is 2.37. The van der Waals surface area contributed by atoms with Crippen LogP contribution in [0.15, 0.2) is 30.6 Å². The molecule has 0 amide bonds. The number of carbonyl (C=O) groups is 2. The minimum absolute atomic E-state index is 0.310. The molecule has 6 heteroatoms. The zero-order valence-corrected chi connectivity index (χ0v) is 10.7. The molecular weight excluding hydrogens is 258 g/mol. The average Bonchev–Trinajstić information content (AvgIpc) is 2.94. The van der Waals surface area contributed by atoms with E-state index < -0.39 is 5.97 Å². The van der Waals surface area contributed by atoms with E-state index in [2.05, 4.69) is 5.10 Å². The number of methoxy groups -OCH3 is 1. The number of ether oxygens (including phenoxy) is 1. The van der Waals surface area contributed by atoms with Crippen molar-refractivity contribution in [2.75, 3.05) is 7.11 Å². The third-order valence-corrected chi connectivity index (χ3v) is 2.77. The van der Waals surface area contributed by atoms with Crippen LogP contribution < -0.4 is 0 Å². The first-order valence-electron chi connectivity index (χ1n) is 5.77. The Hall–Kier alpha value is -2.94. The van der Waals surface area contributed by atoms with Crippen molar-refractivity contribution in [2.24, 2.45) is 0 Å². The molecular formula is C14H11N3O3. The minimum atomic E-state index is -0.514. The maximum absolute atomic E-state index is 11.7. The lowest BCUT2D eigenvalue weighted by Crippen LogP contribution is -2.10. The van der Waals surface area contributed by atoms with Crippen molar-refractivity contribution >= 4 is 12.3 Å². The van der Waals surface area contributed by atoms with E-state index >= 15 is 0 Å². The van der Waals surface area contributed by atoms with Crippen LogP contribution >= 0.6 is 0 Å². The third-order valence-electron chi connectivity index (χ3n) is 2.77. The van der Waals surface area contributed by atoms with Crippen molar-refractivity contribution in [1.82, 2.24) is 9.78 Å². The van der Waals surface area contributed by atoms with Gasteiger partial charge in [-0.2, -0.15) is 10.4 Å². The second-order valence-corrected chi connectivity index (χ2v) is 4.06. The molecule has 1 aromatic heterocycles. The van der Waals surface area contributed by atoms with E-state index in [0.717, 1.165) is 0 Å². The van der Waals surface area contributed by atoms with E-state index in [4.69, 9.17) is 10.00 Å². The molecule has 2 rings (SSSR count). The first-order chi connectivity index (χ1) is 9.67. The van der Waals surface area contributed by atoms with Crippen LogP contribution in [0.2, 0.25) is 0 Å². The normalized spacial score (nSPS) is 9.80. The first-order valence-corrected chi connectivity index (χ1v) is 5.77. The second-order valence-electron chi connectivity index (χ2n) is 4.06. The smallest absolute Gasteiger partial charge is 0.338 e. The highest BCUT2D eigenvalue weighted by molar-refractivity contribution is 5.91. The summed E-state index contributed by atoms with van der Waals surface area (Å²) in [4.78, 5) is 22.4. The molecule has 0 atom stereocenters. The standard InChI is InChI=1S/C14H11N3O3/c1-20-14(19)13-4-10(5-15)2-3-12(13)8-17-7-11(9-18)6-16-17/h2-4,6-7,9H,8H2,1H3. The van der Waals surface area contributed by atoms with Gasteiger partial charge < -0.3 is 4.74 Å². The third kappa shape index (κ3) is 2.72. The zero-order valence-electron chi connectivity index (χ0n) is 10.7. The van der Waals surface area contributed by atoms with E-state index in [1.807, 2.05) is 6.07 Å². The number of hydrogen-bond donors (Lipinski definition) is 0. The van der Waals surface area contributed by atoms with Crippen LogP contribution in [-0.4, -0.2) is 29.1 Å². The molecule has 1 aromatic carbocycles. The fourth-order valence-corrected chi connectivity index (χ4v) is 1.79. The summed E-state index contributed by atoms with van der Waals surface area (Å²) in [6.07, 6.45) is 3.71. The molecule has 0 unspecified atom stereocenters. The van der Waals surface area contributed by atoms with Gasteiger partial charge >= 0.3 is 5.97 Å². The van der Waals surface area contributed by atoms with Gasteiger partial charge in [0.05, 0.1) is 42.6 Å². The molecule has 0 aliphatic rings. The SMILES string of the molecule is COC(=O)c1cc(C#N)ccc1Cn1cc(C=O)cn1. The molecule has 0 aliphatic heterocycles. The Morgan fingerprint density at radius 3 is 2.95 bits per heavy atom. The van der Waals surface area contributed by atoms with Crippen molar-refractivity contribution in [3.05, 3.63) is 52.8 Å². The average molecular weight is 269 g/mol. The number of esters is 1. The quantitative estimate of drug-likeness (QED) is 0.618. The topological polar surface area (TPSA) is 85.0 Å². The maximum Gasteiger partial charge on any atom is 0.338 e. The molecule has 0 aliphatic carbocycles. The lowest BCUT2D eigenvalue weighted by molar-refractivity contribution is 0.0599. The molecule has 0 N–H and O–H groups in total. The van der Waals surface area contributed by atoms with Crippen molar-refractivity contribution < 1.29 is 14.3 Å². The van der Waals surface area contributed by atoms with Crippen LogP contribution in [0.4, 0.5) is 0 Å². The van der Waals surface area contributed by atoms with Crippen molar-refractivity contribution in [1.29, 1.82) is 5.26 Å². The monoisotopic (exact) mass is 269 g/mol. The summed E-state index contributed by atoms with van der Waals surface area (Å²) in [6, 6.07) is 6.74. The van der Waals surface area contributed by atoms with Crippen LogP contribution in [0.25, 0.3) is 0 Å². The maximum atomic E-state index is 11.7. The first kappa shape index (κ1) is 13.5. The van der Waals surface area contributed by atoms with Gasteiger partial charge in [0.2, 0.25) is 0 Å². The van der Waals surface area contributed by atoms with Crippen LogP contribution in [0.5, 0.6) is 0 Å². The van der Waals surface area contributed by atoms with Gasteiger partial charge in [-0.3, -0.25) is 9.48 Å². The lowest BCUT2D eigenvalue weighted by atomic mass is 10.0. The predicted molar refractivity (Wildman–Crippen MR) is 69.2 cm³/mol. The van der Waals surface area contributed by atoms with Crippen molar-refractivity contribution in [2.45, 2.75) is 6.54 Å². The van der Waals surface area contributed by atoms with Crippen LogP contribution in [-0.2, 0) is 11.3 Å². The summed E-state index contributed by atoms with van der Waals surface area (Å²) < 4.78 is 6.25. The Labute approximate surface area is 115 Å². The van der Waals surface area contributed by atoms with E-state index in [9.17, 15) is 9.59 Å². The highest BCUT2D eigenvalue weighted by Crippen LogP contribution is 2.14. The molecule has 6 nitrogen and oxygen atoms in total. The Kier molecular flexibility index (Phi) is 3.91. The molecule has 0 bridgehead atoms. The van der Waals surface area contributed by atoms with Gasteiger partial charge in [-0.1, -0.05) is 6.07 Å². The van der Waals surface area contributed by atoms with Gasteiger partial charge in [-0.05, 0) is 17.7 Å². The van der Waals surface area contributed by atoms with Crippen molar-refractivity contribution in [3.63, 3.8) is 0 Å². The summed E-state index contributed by atoms with van der Waals surface area (Å²) in [6.45, 7) is 0.310. The number of nitriles is 1. The highest BCUT2D eigenvalue weighted by atomic mass is 16.5. The summed E-state index contributed by atoms with van der Waals surface area (Å²) in [7, 11) is 1.28. The second kappa shape index (κ2) is 5.80. The van der Waals surface area contributed by atoms with Gasteiger partial charge in [0.25, 0.3) is 0 Å². The number of rotatable bonds is 4. The lowest BCUT2D eigenvalue weighted by Gasteiger charge is -2.08. The summed E-state index contributed by atoms with van der Waals surface area (Å²) >= 11 is 0. The fraction of sp³-hybridized carbons (Fsp3) is 0.143. The van der Waals surface area contributed by atoms with E-state index in [0.29, 0.717) is 35.1 Å². The van der Waals surface area contributed by atoms with Crippen LogP contribution in [0.3, 0.4) is 0 Å². The largest absolute Gasteiger partial charge is 0.465 e. The highest BCUT2D eigenvalue weighted by Gasteiger charge is 2.13.